The van der Waals surface area contributed by atoms with E-state index in [1.54, 1.807) is 11.6 Å². The molecule has 2 atom stereocenters. The lowest BCUT2D eigenvalue weighted by molar-refractivity contribution is -0.128. The largest absolute Gasteiger partial charge is 0.340 e. The van der Waals surface area contributed by atoms with Gasteiger partial charge in [0.1, 0.15) is 5.78 Å². The first-order valence-corrected chi connectivity index (χ1v) is 13.5. The van der Waals surface area contributed by atoms with Crippen LogP contribution in [0.25, 0.3) is 11.2 Å². The van der Waals surface area contributed by atoms with E-state index in [0.717, 1.165) is 6.42 Å². The molecule has 0 spiro atoms. The second-order valence-corrected chi connectivity index (χ2v) is 12.4. The molecule has 0 aromatic carbocycles. The molecule has 0 unspecified atom stereocenters. The van der Waals surface area contributed by atoms with Crippen LogP contribution in [0.5, 0.6) is 0 Å². The summed E-state index contributed by atoms with van der Waals surface area (Å²) in [6.45, 7) is 7.83. The first kappa shape index (κ1) is 23.3. The lowest BCUT2D eigenvalue weighted by Gasteiger charge is -2.40. The third kappa shape index (κ3) is 3.07. The van der Waals surface area contributed by atoms with Crippen molar-refractivity contribution in [3.63, 3.8) is 0 Å². The van der Waals surface area contributed by atoms with Crippen molar-refractivity contribution in [1.82, 2.24) is 23.4 Å². The highest BCUT2D eigenvalue weighted by Gasteiger charge is 2.65. The first-order valence-electron chi connectivity index (χ1n) is 11.9. The van der Waals surface area contributed by atoms with Gasteiger partial charge in [-0.15, -0.1) is 0 Å². The zero-order chi connectivity index (χ0) is 24.6. The van der Waals surface area contributed by atoms with Gasteiger partial charge in [-0.1, -0.05) is 13.8 Å². The molecular formula is C22H32N6O5S. The number of imidazole rings is 1. The lowest BCUT2D eigenvalue weighted by Crippen LogP contribution is -2.53. The zero-order valence-corrected chi connectivity index (χ0v) is 20.9. The van der Waals surface area contributed by atoms with Gasteiger partial charge in [0.05, 0.1) is 5.75 Å². The van der Waals surface area contributed by atoms with E-state index in [1.807, 2.05) is 25.7 Å². The maximum absolute atomic E-state index is 13.4. The third-order valence-corrected chi connectivity index (χ3v) is 10.8. The summed E-state index contributed by atoms with van der Waals surface area (Å²) in [7, 11) is -2.07. The van der Waals surface area contributed by atoms with Gasteiger partial charge >= 0.3 is 5.69 Å². The molecule has 1 saturated heterocycles. The van der Waals surface area contributed by atoms with Gasteiger partial charge in [-0.3, -0.25) is 19.1 Å². The highest BCUT2D eigenvalue weighted by molar-refractivity contribution is 7.89. The fourth-order valence-electron chi connectivity index (χ4n) is 6.44. The van der Waals surface area contributed by atoms with Crippen LogP contribution in [0, 0.1) is 16.7 Å². The number of carbonyl (C=O) groups is 1. The monoisotopic (exact) mass is 492 g/mol. The average Bonchev–Trinajstić information content (AvgIpc) is 3.34. The number of piperazine rings is 1. The first-order chi connectivity index (χ1) is 15.9. The maximum Gasteiger partial charge on any atom is 0.329 e. The Morgan fingerprint density at radius 1 is 1.12 bits per heavy atom. The predicted octanol–water partition coefficient (Wildman–Crippen LogP) is 0.290. The van der Waals surface area contributed by atoms with Crippen molar-refractivity contribution >= 4 is 32.9 Å². The van der Waals surface area contributed by atoms with E-state index in [0.29, 0.717) is 49.6 Å². The SMILES string of the molecule is CCn1c(N2CCN(S(=O)(=O)C[C@]34CC[C@H](CC3=O)C4(C)C)CC2)nc2c1c(=O)[nH]c(=O)n2C. The Hall–Kier alpha value is -2.47. The van der Waals surface area contributed by atoms with Crippen LogP contribution >= 0.6 is 0 Å². The molecule has 1 aliphatic heterocycles. The number of Topliss-reactive ketones (excluding diaryl/α,β-unsaturated/α-hetero) is 1. The van der Waals surface area contributed by atoms with Gasteiger partial charge in [0.15, 0.2) is 11.2 Å². The van der Waals surface area contributed by atoms with Crippen molar-refractivity contribution in [1.29, 1.82) is 0 Å². The zero-order valence-electron chi connectivity index (χ0n) is 20.1. The highest BCUT2D eigenvalue weighted by atomic mass is 32.2. The summed E-state index contributed by atoms with van der Waals surface area (Å²) in [4.78, 5) is 46.2. The molecule has 3 fully saturated rings. The van der Waals surface area contributed by atoms with Crippen molar-refractivity contribution in [2.24, 2.45) is 23.8 Å². The van der Waals surface area contributed by atoms with Crippen molar-refractivity contribution in [2.75, 3.05) is 36.8 Å². The molecule has 3 aliphatic rings. The fraction of sp³-hybridized carbons (Fsp3) is 0.727. The summed E-state index contributed by atoms with van der Waals surface area (Å²) >= 11 is 0. The molecule has 11 nitrogen and oxygen atoms in total. The van der Waals surface area contributed by atoms with Crippen LogP contribution in [0.3, 0.4) is 0 Å². The molecule has 5 rings (SSSR count). The number of aryl methyl sites for hydroxylation is 2. The van der Waals surface area contributed by atoms with Crippen molar-refractivity contribution in [3.8, 4) is 0 Å². The van der Waals surface area contributed by atoms with Crippen LogP contribution in [-0.2, 0) is 28.4 Å². The van der Waals surface area contributed by atoms with Gasteiger partial charge in [-0.25, -0.2) is 13.2 Å². The molecule has 2 saturated carbocycles. The van der Waals surface area contributed by atoms with Crippen molar-refractivity contribution in [2.45, 2.75) is 46.6 Å². The number of ketones is 1. The summed E-state index contributed by atoms with van der Waals surface area (Å²) < 4.78 is 31.4. The Bertz CT molecular complexity index is 1400. The van der Waals surface area contributed by atoms with E-state index in [-0.39, 0.29) is 36.0 Å². The van der Waals surface area contributed by atoms with Gasteiger partial charge < -0.3 is 9.47 Å². The Balaban J connectivity index is 1.38. The number of anilines is 1. The Labute approximate surface area is 197 Å². The Kier molecular flexibility index (Phi) is 5.14. The van der Waals surface area contributed by atoms with E-state index >= 15 is 0 Å². The van der Waals surface area contributed by atoms with Gasteiger partial charge in [-0.05, 0) is 31.1 Å². The number of aromatic amines is 1. The number of nitrogens with zero attached hydrogens (tertiary/aromatic N) is 5. The molecule has 12 heteroatoms. The van der Waals surface area contributed by atoms with Crippen LogP contribution in [0.1, 0.15) is 40.0 Å². The van der Waals surface area contributed by atoms with E-state index in [2.05, 4.69) is 9.97 Å². The standard InChI is InChI=1S/C22H32N6O5S/c1-5-28-16-17(25(4)20(31)24-18(16)30)23-19(28)26-8-10-27(11-9-26)34(32,33)13-22-7-6-14(12-15(22)29)21(22,2)3/h14H,5-13H2,1-4H3,(H,24,30,31)/t14-,22-/m1/s1. The topological polar surface area (TPSA) is 130 Å². The normalized spacial score (nSPS) is 27.2. The van der Waals surface area contributed by atoms with Crippen LogP contribution in [-0.4, -0.2) is 69.5 Å². The molecule has 0 amide bonds. The summed E-state index contributed by atoms with van der Waals surface area (Å²) in [5.41, 5.74) is -1.47. The number of carbonyl (C=O) groups excluding carboxylic acids is 1. The van der Waals surface area contributed by atoms with Gasteiger partial charge in [-0.2, -0.15) is 9.29 Å². The minimum absolute atomic E-state index is 0.100. The van der Waals surface area contributed by atoms with Crippen molar-refractivity contribution in [3.05, 3.63) is 20.8 Å². The number of nitrogens with one attached hydrogen (secondary N) is 1. The molecule has 1 N–H and O–H groups in total. The molecule has 186 valence electrons. The molecule has 2 aliphatic carbocycles. The second kappa shape index (κ2) is 7.51. The number of rotatable bonds is 5. The smallest absolute Gasteiger partial charge is 0.329 e. The third-order valence-electron chi connectivity index (χ3n) is 8.79. The van der Waals surface area contributed by atoms with E-state index < -0.39 is 26.7 Å². The molecular weight excluding hydrogens is 460 g/mol. The number of aromatic nitrogens is 4. The minimum Gasteiger partial charge on any atom is -0.340 e. The number of fused-ring (bicyclic) bond motifs is 3. The van der Waals surface area contributed by atoms with E-state index in [9.17, 15) is 22.8 Å². The summed E-state index contributed by atoms with van der Waals surface area (Å²) in [6, 6.07) is 0. The quantitative estimate of drug-likeness (QED) is 0.635. The van der Waals surface area contributed by atoms with Gasteiger partial charge in [0.2, 0.25) is 16.0 Å². The molecule has 34 heavy (non-hydrogen) atoms. The molecule has 0 radical (unpaired) electrons. The maximum atomic E-state index is 13.4. The summed E-state index contributed by atoms with van der Waals surface area (Å²) in [6.07, 6.45) is 2.05. The van der Waals surface area contributed by atoms with Gasteiger partial charge in [0, 0.05) is 51.6 Å². The summed E-state index contributed by atoms with van der Waals surface area (Å²) in [5, 5.41) is 0. The van der Waals surface area contributed by atoms with E-state index in [1.165, 1.54) is 8.87 Å². The second-order valence-electron chi connectivity index (χ2n) is 10.5. The van der Waals surface area contributed by atoms with Crippen LogP contribution in [0.15, 0.2) is 9.59 Å². The summed E-state index contributed by atoms with van der Waals surface area (Å²) in [5.74, 6) is 0.801. The molecule has 3 heterocycles. The molecule has 2 aromatic rings. The van der Waals surface area contributed by atoms with E-state index in [4.69, 9.17) is 0 Å². The average molecular weight is 493 g/mol. The van der Waals surface area contributed by atoms with Crippen LogP contribution < -0.4 is 16.1 Å². The Morgan fingerprint density at radius 3 is 2.35 bits per heavy atom. The number of sulfonamides is 1. The van der Waals surface area contributed by atoms with Crippen LogP contribution in [0.4, 0.5) is 5.95 Å². The fourth-order valence-corrected chi connectivity index (χ4v) is 8.64. The molecule has 2 bridgehead atoms. The number of H-pyrrole nitrogens is 1. The van der Waals surface area contributed by atoms with Crippen LogP contribution in [0.2, 0.25) is 0 Å². The van der Waals surface area contributed by atoms with Gasteiger partial charge in [0.25, 0.3) is 5.56 Å². The number of hydrogen-bond acceptors (Lipinski definition) is 7. The molecule has 2 aromatic heterocycles. The van der Waals surface area contributed by atoms with Crippen molar-refractivity contribution < 1.29 is 13.2 Å². The lowest BCUT2D eigenvalue weighted by atomic mass is 9.70. The Morgan fingerprint density at radius 2 is 1.79 bits per heavy atom. The highest BCUT2D eigenvalue weighted by Crippen LogP contribution is 2.64. The minimum atomic E-state index is -3.62. The number of hydrogen-bond donors (Lipinski definition) is 1. The predicted molar refractivity (Wildman–Crippen MR) is 127 cm³/mol.